The van der Waals surface area contributed by atoms with E-state index >= 15 is 0 Å². The molecule has 0 amide bonds. The maximum absolute atomic E-state index is 12.0. The Morgan fingerprint density at radius 3 is 2.95 bits per heavy atom. The van der Waals surface area contributed by atoms with Crippen LogP contribution in [0.2, 0.25) is 0 Å². The summed E-state index contributed by atoms with van der Waals surface area (Å²) in [6.07, 6.45) is 3.88. The second kappa shape index (κ2) is 6.27. The van der Waals surface area contributed by atoms with E-state index in [-0.39, 0.29) is 4.90 Å². The first-order valence-corrected chi connectivity index (χ1v) is 7.44. The lowest BCUT2D eigenvalue weighted by Crippen LogP contribution is -2.25. The van der Waals surface area contributed by atoms with Gasteiger partial charge in [0.15, 0.2) is 0 Å². The molecule has 0 bridgehead atoms. The number of aromatic nitrogens is 3. The van der Waals surface area contributed by atoms with Gasteiger partial charge in [-0.1, -0.05) is 11.3 Å². The van der Waals surface area contributed by atoms with Crippen LogP contribution in [-0.4, -0.2) is 30.0 Å². The van der Waals surface area contributed by atoms with Crippen molar-refractivity contribution in [2.45, 2.75) is 17.9 Å². The lowest BCUT2D eigenvalue weighted by molar-refractivity contribution is 0.542. The molecule has 1 aromatic heterocycles. The zero-order valence-electron chi connectivity index (χ0n) is 10.6. The van der Waals surface area contributed by atoms with Crippen LogP contribution in [0.15, 0.2) is 41.6 Å². The zero-order valence-corrected chi connectivity index (χ0v) is 11.4. The highest BCUT2D eigenvalue weighted by Gasteiger charge is 2.13. The van der Waals surface area contributed by atoms with Crippen molar-refractivity contribution in [2.75, 3.05) is 6.54 Å². The monoisotopic (exact) mass is 291 g/mol. The van der Waals surface area contributed by atoms with Gasteiger partial charge in [-0.3, -0.25) is 4.68 Å². The van der Waals surface area contributed by atoms with Crippen LogP contribution in [0.25, 0.3) is 0 Å². The van der Waals surface area contributed by atoms with Gasteiger partial charge in [-0.05, 0) is 24.6 Å². The molecule has 0 saturated carbocycles. The Balaban J connectivity index is 1.92. The summed E-state index contributed by atoms with van der Waals surface area (Å²) in [5.41, 5.74) is 0.315. The van der Waals surface area contributed by atoms with E-state index in [0.717, 1.165) is 0 Å². The average Bonchev–Trinajstić information content (AvgIpc) is 2.97. The molecule has 0 aliphatic heterocycles. The standard InChI is InChI=1S/C12H13N5O2S/c13-10-11-3-1-4-12(9-11)20(18,19)15-5-2-7-17-8-6-14-16-17/h1,3-4,6,8-9,15H,2,5,7H2. The van der Waals surface area contributed by atoms with Gasteiger partial charge in [0.05, 0.1) is 22.7 Å². The Morgan fingerprint density at radius 2 is 2.25 bits per heavy atom. The van der Waals surface area contributed by atoms with Crippen LogP contribution in [0, 0.1) is 11.3 Å². The molecule has 0 fully saturated rings. The summed E-state index contributed by atoms with van der Waals surface area (Å²) in [7, 11) is -3.58. The number of nitrogens with one attached hydrogen (secondary N) is 1. The predicted molar refractivity (Wildman–Crippen MR) is 71.0 cm³/mol. The molecule has 0 spiro atoms. The van der Waals surface area contributed by atoms with Gasteiger partial charge in [0.25, 0.3) is 0 Å². The van der Waals surface area contributed by atoms with E-state index in [4.69, 9.17) is 5.26 Å². The van der Waals surface area contributed by atoms with Crippen LogP contribution >= 0.6 is 0 Å². The molecule has 1 heterocycles. The average molecular weight is 291 g/mol. The molecular weight excluding hydrogens is 278 g/mol. The molecular formula is C12H13N5O2S. The molecule has 0 radical (unpaired) electrons. The number of aryl methyl sites for hydroxylation is 1. The fourth-order valence-electron chi connectivity index (χ4n) is 1.62. The number of hydrogen-bond acceptors (Lipinski definition) is 5. The first-order valence-electron chi connectivity index (χ1n) is 5.96. The van der Waals surface area contributed by atoms with Crippen molar-refractivity contribution < 1.29 is 8.42 Å². The van der Waals surface area contributed by atoms with E-state index in [0.29, 0.717) is 25.1 Å². The Labute approximate surface area is 116 Å². The van der Waals surface area contributed by atoms with Gasteiger partial charge in [0.1, 0.15) is 0 Å². The molecule has 7 nitrogen and oxygen atoms in total. The predicted octanol–water partition coefficient (Wildman–Crippen LogP) is 0.518. The lowest BCUT2D eigenvalue weighted by Gasteiger charge is -2.06. The molecule has 20 heavy (non-hydrogen) atoms. The third-order valence-corrected chi connectivity index (χ3v) is 4.06. The van der Waals surface area contributed by atoms with Crippen LogP contribution in [0.3, 0.4) is 0 Å². The minimum Gasteiger partial charge on any atom is -0.253 e. The Hall–Kier alpha value is -2.24. The maximum Gasteiger partial charge on any atom is 0.240 e. The van der Waals surface area contributed by atoms with Gasteiger partial charge in [-0.2, -0.15) is 5.26 Å². The molecule has 0 unspecified atom stereocenters. The topological polar surface area (TPSA) is 101 Å². The van der Waals surface area contributed by atoms with Gasteiger partial charge in [-0.15, -0.1) is 5.10 Å². The number of nitriles is 1. The van der Waals surface area contributed by atoms with Crippen LogP contribution in [0.5, 0.6) is 0 Å². The van der Waals surface area contributed by atoms with Gasteiger partial charge in [0.2, 0.25) is 10.0 Å². The first kappa shape index (κ1) is 14.2. The number of sulfonamides is 1. The largest absolute Gasteiger partial charge is 0.253 e. The van der Waals surface area contributed by atoms with Crippen LogP contribution in [0.4, 0.5) is 0 Å². The third kappa shape index (κ3) is 3.63. The molecule has 1 N–H and O–H groups in total. The molecule has 104 valence electrons. The van der Waals surface area contributed by atoms with E-state index < -0.39 is 10.0 Å². The molecule has 2 rings (SSSR count). The van der Waals surface area contributed by atoms with E-state index in [1.165, 1.54) is 12.1 Å². The summed E-state index contributed by atoms with van der Waals surface area (Å²) in [5, 5.41) is 16.2. The van der Waals surface area contributed by atoms with E-state index in [9.17, 15) is 8.42 Å². The SMILES string of the molecule is N#Cc1cccc(S(=O)(=O)NCCCn2ccnn2)c1. The van der Waals surface area contributed by atoms with Crippen molar-refractivity contribution in [1.82, 2.24) is 19.7 Å². The van der Waals surface area contributed by atoms with Crippen molar-refractivity contribution in [3.05, 3.63) is 42.2 Å². The fraction of sp³-hybridized carbons (Fsp3) is 0.250. The van der Waals surface area contributed by atoms with Crippen LogP contribution < -0.4 is 4.72 Å². The van der Waals surface area contributed by atoms with Gasteiger partial charge >= 0.3 is 0 Å². The highest BCUT2D eigenvalue weighted by molar-refractivity contribution is 7.89. The number of rotatable bonds is 6. The highest BCUT2D eigenvalue weighted by atomic mass is 32.2. The first-order chi connectivity index (χ1) is 9.62. The summed E-state index contributed by atoms with van der Waals surface area (Å²) in [5.74, 6) is 0. The van der Waals surface area contributed by atoms with E-state index in [1.807, 2.05) is 6.07 Å². The maximum atomic E-state index is 12.0. The van der Waals surface area contributed by atoms with Crippen LogP contribution in [0.1, 0.15) is 12.0 Å². The number of benzene rings is 1. The normalized spacial score (nSPS) is 11.2. The molecule has 8 heteroatoms. The summed E-state index contributed by atoms with van der Waals surface area (Å²) in [6, 6.07) is 7.82. The highest BCUT2D eigenvalue weighted by Crippen LogP contribution is 2.10. The molecule has 0 atom stereocenters. The van der Waals surface area contributed by atoms with Gasteiger partial charge < -0.3 is 0 Å². The Bertz CT molecular complexity index is 704. The van der Waals surface area contributed by atoms with Crippen molar-refractivity contribution >= 4 is 10.0 Å². The minimum atomic E-state index is -3.58. The summed E-state index contributed by atoms with van der Waals surface area (Å²) in [6.45, 7) is 0.875. The van der Waals surface area contributed by atoms with Crippen molar-refractivity contribution in [3.8, 4) is 6.07 Å². The van der Waals surface area contributed by atoms with Crippen molar-refractivity contribution in [3.63, 3.8) is 0 Å². The third-order valence-electron chi connectivity index (χ3n) is 2.60. The number of nitrogens with zero attached hydrogens (tertiary/aromatic N) is 4. The summed E-state index contributed by atoms with van der Waals surface area (Å²) in [4.78, 5) is 0.0947. The van der Waals surface area contributed by atoms with Crippen molar-refractivity contribution in [1.29, 1.82) is 5.26 Å². The van der Waals surface area contributed by atoms with Gasteiger partial charge in [-0.25, -0.2) is 13.1 Å². The van der Waals surface area contributed by atoms with Gasteiger partial charge in [0, 0.05) is 19.3 Å². The summed E-state index contributed by atoms with van der Waals surface area (Å²) < 4.78 is 28.1. The van der Waals surface area contributed by atoms with E-state index in [2.05, 4.69) is 15.0 Å². The van der Waals surface area contributed by atoms with Crippen LogP contribution in [-0.2, 0) is 16.6 Å². The smallest absolute Gasteiger partial charge is 0.240 e. The Kier molecular flexibility index (Phi) is 4.45. The zero-order chi connectivity index (χ0) is 14.4. The van der Waals surface area contributed by atoms with E-state index in [1.54, 1.807) is 29.2 Å². The quantitative estimate of drug-likeness (QED) is 0.782. The minimum absolute atomic E-state index is 0.0947. The molecule has 2 aromatic rings. The lowest BCUT2D eigenvalue weighted by atomic mass is 10.2. The molecule has 0 aliphatic rings. The number of hydrogen-bond donors (Lipinski definition) is 1. The fourth-order valence-corrected chi connectivity index (χ4v) is 2.74. The Morgan fingerprint density at radius 1 is 1.40 bits per heavy atom. The molecule has 0 saturated heterocycles. The molecule has 0 aliphatic carbocycles. The van der Waals surface area contributed by atoms with Crippen molar-refractivity contribution in [2.24, 2.45) is 0 Å². The second-order valence-corrected chi connectivity index (χ2v) is 5.82. The second-order valence-electron chi connectivity index (χ2n) is 4.06. The molecule has 1 aromatic carbocycles. The summed E-state index contributed by atoms with van der Waals surface area (Å²) >= 11 is 0.